The van der Waals surface area contributed by atoms with Crippen molar-refractivity contribution in [1.82, 2.24) is 9.47 Å². The highest BCUT2D eigenvalue weighted by Gasteiger charge is 2.29. The Kier molecular flexibility index (Phi) is 7.59. The zero-order valence-corrected chi connectivity index (χ0v) is 22.4. The van der Waals surface area contributed by atoms with Gasteiger partial charge in [0.2, 0.25) is 0 Å². The molecular weight excluding hydrogens is 475 g/mol. The molecule has 0 aliphatic carbocycles. The number of esters is 1. The fourth-order valence-electron chi connectivity index (χ4n) is 5.15. The number of piperidine rings is 1. The van der Waals surface area contributed by atoms with Crippen LogP contribution in [0.1, 0.15) is 73.1 Å². The van der Waals surface area contributed by atoms with Gasteiger partial charge >= 0.3 is 12.1 Å². The van der Waals surface area contributed by atoms with E-state index >= 15 is 4.39 Å². The van der Waals surface area contributed by atoms with Crippen LogP contribution in [-0.2, 0) is 16.0 Å². The molecular formula is C29H35FN2O5. The number of carbonyl (C=O) groups is 2. The highest BCUT2D eigenvalue weighted by Crippen LogP contribution is 2.38. The van der Waals surface area contributed by atoms with Gasteiger partial charge in [-0.1, -0.05) is 12.5 Å². The average Bonchev–Trinajstić information content (AvgIpc) is 3.31. The van der Waals surface area contributed by atoms with Crippen LogP contribution in [-0.4, -0.2) is 47.9 Å². The van der Waals surface area contributed by atoms with Crippen molar-refractivity contribution in [3.63, 3.8) is 0 Å². The maximum atomic E-state index is 15.2. The van der Waals surface area contributed by atoms with Crippen molar-refractivity contribution < 1.29 is 28.2 Å². The Bertz CT molecular complexity index is 1320. The van der Waals surface area contributed by atoms with Crippen LogP contribution in [0.4, 0.5) is 9.18 Å². The lowest BCUT2D eigenvalue weighted by molar-refractivity contribution is 0.0542. The monoisotopic (exact) mass is 510 g/mol. The lowest BCUT2D eigenvalue weighted by Crippen LogP contribution is -2.33. The van der Waals surface area contributed by atoms with Gasteiger partial charge in [0.05, 0.1) is 25.3 Å². The van der Waals surface area contributed by atoms with Crippen molar-refractivity contribution in [1.29, 1.82) is 0 Å². The molecule has 0 amide bonds. The summed E-state index contributed by atoms with van der Waals surface area (Å²) in [6.45, 7) is 8.76. The number of nitrogens with zero attached hydrogens (tertiary/aromatic N) is 2. The van der Waals surface area contributed by atoms with Crippen LogP contribution < -0.4 is 4.74 Å². The normalized spacial score (nSPS) is 16.6. The van der Waals surface area contributed by atoms with Gasteiger partial charge in [0.25, 0.3) is 0 Å². The molecule has 1 aliphatic rings. The number of fused-ring (bicyclic) bond motifs is 1. The molecule has 1 aliphatic heterocycles. The zero-order valence-electron chi connectivity index (χ0n) is 22.4. The number of methoxy groups -OCH3 is 2. The molecule has 198 valence electrons. The predicted molar refractivity (Wildman–Crippen MR) is 140 cm³/mol. The molecule has 2 heterocycles. The minimum absolute atomic E-state index is 0.158. The van der Waals surface area contributed by atoms with Crippen LogP contribution in [0.15, 0.2) is 36.5 Å². The molecule has 0 bridgehead atoms. The first-order valence-corrected chi connectivity index (χ1v) is 12.6. The van der Waals surface area contributed by atoms with E-state index in [0.717, 1.165) is 53.6 Å². The quantitative estimate of drug-likeness (QED) is 0.370. The van der Waals surface area contributed by atoms with E-state index in [2.05, 4.69) is 4.90 Å². The standard InChI is InChI=1S/C29H35FN2O5/c1-18-15-25(35-5)22(20-12-14-32(26(18)20)28(34)37-29(2,3)4)17-31-13-8-7-9-24(31)21-11-10-19(16-23(21)30)27(33)36-6/h10-12,14-16,24H,7-9,13,17H2,1-6H3/t24-/m0/s1. The number of aryl methyl sites for hydroxylation is 1. The van der Waals surface area contributed by atoms with Crippen molar-refractivity contribution in [3.05, 3.63) is 64.6 Å². The molecule has 2 aromatic carbocycles. The maximum absolute atomic E-state index is 15.2. The molecule has 1 fully saturated rings. The molecule has 0 spiro atoms. The van der Waals surface area contributed by atoms with Gasteiger partial charge < -0.3 is 14.2 Å². The molecule has 3 aromatic rings. The van der Waals surface area contributed by atoms with Crippen LogP contribution >= 0.6 is 0 Å². The largest absolute Gasteiger partial charge is 0.496 e. The summed E-state index contributed by atoms with van der Waals surface area (Å²) in [5, 5.41) is 0.897. The second kappa shape index (κ2) is 10.5. The van der Waals surface area contributed by atoms with Gasteiger partial charge in [-0.3, -0.25) is 9.47 Å². The van der Waals surface area contributed by atoms with Gasteiger partial charge in [0, 0.05) is 35.3 Å². The Morgan fingerprint density at radius 1 is 1.11 bits per heavy atom. The smallest absolute Gasteiger partial charge is 0.419 e. The summed E-state index contributed by atoms with van der Waals surface area (Å²) >= 11 is 0. The third-order valence-electron chi connectivity index (χ3n) is 6.80. The maximum Gasteiger partial charge on any atom is 0.419 e. The molecule has 4 rings (SSSR count). The number of ether oxygens (including phenoxy) is 3. The molecule has 37 heavy (non-hydrogen) atoms. The summed E-state index contributed by atoms with van der Waals surface area (Å²) < 4.78 is 32.9. The van der Waals surface area contributed by atoms with Gasteiger partial charge in [0.15, 0.2) is 0 Å². The van der Waals surface area contributed by atoms with Crippen LogP contribution in [0.5, 0.6) is 5.75 Å². The van der Waals surface area contributed by atoms with E-state index in [4.69, 9.17) is 14.2 Å². The van der Waals surface area contributed by atoms with Gasteiger partial charge in [-0.25, -0.2) is 14.0 Å². The molecule has 0 radical (unpaired) electrons. The lowest BCUT2D eigenvalue weighted by atomic mass is 9.93. The number of carbonyl (C=O) groups excluding carboxylic acids is 2. The van der Waals surface area contributed by atoms with E-state index in [-0.39, 0.29) is 11.6 Å². The first kappa shape index (κ1) is 26.7. The minimum Gasteiger partial charge on any atom is -0.496 e. The lowest BCUT2D eigenvalue weighted by Gasteiger charge is -2.36. The molecule has 1 atom stereocenters. The summed E-state index contributed by atoms with van der Waals surface area (Å²) in [4.78, 5) is 27.0. The highest BCUT2D eigenvalue weighted by molar-refractivity contribution is 5.95. The molecule has 0 N–H and O–H groups in total. The Morgan fingerprint density at radius 3 is 2.51 bits per heavy atom. The molecule has 0 saturated carbocycles. The van der Waals surface area contributed by atoms with Crippen LogP contribution in [0.25, 0.3) is 10.9 Å². The van der Waals surface area contributed by atoms with Crippen LogP contribution in [0.3, 0.4) is 0 Å². The molecule has 8 heteroatoms. The molecule has 7 nitrogen and oxygen atoms in total. The number of hydrogen-bond donors (Lipinski definition) is 0. The number of rotatable bonds is 5. The first-order chi connectivity index (χ1) is 17.5. The van der Waals surface area contributed by atoms with E-state index in [1.807, 2.05) is 39.8 Å². The first-order valence-electron chi connectivity index (χ1n) is 12.6. The Hall–Kier alpha value is -3.39. The van der Waals surface area contributed by atoms with Crippen LogP contribution in [0.2, 0.25) is 0 Å². The van der Waals surface area contributed by atoms with Gasteiger partial charge in [-0.05, 0) is 76.9 Å². The van der Waals surface area contributed by atoms with E-state index in [1.54, 1.807) is 25.4 Å². The summed E-state index contributed by atoms with van der Waals surface area (Å²) in [6, 6.07) is 8.24. The van der Waals surface area contributed by atoms with Crippen LogP contribution in [0, 0.1) is 12.7 Å². The number of aromatic nitrogens is 1. The van der Waals surface area contributed by atoms with Crippen molar-refractivity contribution in [3.8, 4) is 5.75 Å². The molecule has 1 aromatic heterocycles. The van der Waals surface area contributed by atoms with Gasteiger partial charge in [-0.2, -0.15) is 0 Å². The van der Waals surface area contributed by atoms with E-state index in [1.165, 1.54) is 17.7 Å². The number of hydrogen-bond acceptors (Lipinski definition) is 6. The van der Waals surface area contributed by atoms with E-state index in [9.17, 15) is 9.59 Å². The summed E-state index contributed by atoms with van der Waals surface area (Å²) in [6.07, 6.45) is 4.06. The Labute approximate surface area is 217 Å². The third kappa shape index (κ3) is 5.49. The number of likely N-dealkylation sites (tertiary alicyclic amines) is 1. The summed E-state index contributed by atoms with van der Waals surface area (Å²) in [7, 11) is 2.91. The van der Waals surface area contributed by atoms with E-state index < -0.39 is 23.5 Å². The summed E-state index contributed by atoms with van der Waals surface area (Å²) in [5.41, 5.74) is 2.73. The second-order valence-corrected chi connectivity index (χ2v) is 10.5. The second-order valence-electron chi connectivity index (χ2n) is 10.5. The summed E-state index contributed by atoms with van der Waals surface area (Å²) in [5.74, 6) is -0.262. The molecule has 1 saturated heterocycles. The fraction of sp³-hybridized carbons (Fsp3) is 0.448. The Morgan fingerprint density at radius 2 is 1.86 bits per heavy atom. The van der Waals surface area contributed by atoms with Crippen molar-refractivity contribution in [2.24, 2.45) is 0 Å². The highest BCUT2D eigenvalue weighted by atomic mass is 19.1. The molecule has 0 unspecified atom stereocenters. The zero-order chi connectivity index (χ0) is 26.9. The number of benzene rings is 2. The predicted octanol–water partition coefficient (Wildman–Crippen LogP) is 6.39. The number of halogens is 1. The Balaban J connectivity index is 1.73. The van der Waals surface area contributed by atoms with E-state index in [0.29, 0.717) is 12.1 Å². The minimum atomic E-state index is -0.620. The van der Waals surface area contributed by atoms with Crippen molar-refractivity contribution >= 4 is 23.0 Å². The third-order valence-corrected chi connectivity index (χ3v) is 6.80. The topological polar surface area (TPSA) is 70.0 Å². The van der Waals surface area contributed by atoms with Gasteiger partial charge in [-0.15, -0.1) is 0 Å². The average molecular weight is 511 g/mol. The van der Waals surface area contributed by atoms with Gasteiger partial charge in [0.1, 0.15) is 17.2 Å². The SMILES string of the molecule is COC(=O)c1ccc([C@@H]2CCCCN2Cc2c(OC)cc(C)c3c2ccn3C(=O)OC(C)(C)C)c(F)c1. The van der Waals surface area contributed by atoms with Crippen molar-refractivity contribution in [2.45, 2.75) is 65.1 Å². The fourth-order valence-corrected chi connectivity index (χ4v) is 5.15. The van der Waals surface area contributed by atoms with Crippen molar-refractivity contribution in [2.75, 3.05) is 20.8 Å².